The van der Waals surface area contributed by atoms with Crippen molar-refractivity contribution in [3.8, 4) is 5.75 Å². The second kappa shape index (κ2) is 9.69. The van der Waals surface area contributed by atoms with Crippen LogP contribution in [0.1, 0.15) is 28.6 Å². The van der Waals surface area contributed by atoms with E-state index in [1.807, 2.05) is 43.3 Å². The molecular weight excluding hydrogens is 387 g/mol. The summed E-state index contributed by atoms with van der Waals surface area (Å²) in [6, 6.07) is 14.1. The summed E-state index contributed by atoms with van der Waals surface area (Å²) >= 11 is 1.28. The molecule has 3 aromatic rings. The van der Waals surface area contributed by atoms with E-state index in [-0.39, 0.29) is 36.8 Å². The first-order valence-corrected chi connectivity index (χ1v) is 9.29. The number of thiophene rings is 1. The third-order valence-electron chi connectivity index (χ3n) is 3.98. The minimum Gasteiger partial charge on any atom is -0.489 e. The summed E-state index contributed by atoms with van der Waals surface area (Å²) in [7, 11) is 0. The van der Waals surface area contributed by atoms with Crippen LogP contribution in [0, 0.1) is 5.82 Å². The quantitative estimate of drug-likeness (QED) is 0.604. The maximum Gasteiger partial charge on any atom is 0.261 e. The molecule has 0 saturated heterocycles. The highest BCUT2D eigenvalue weighted by atomic mass is 35.5. The predicted molar refractivity (Wildman–Crippen MR) is 110 cm³/mol. The third-order valence-corrected chi connectivity index (χ3v) is 5.18. The zero-order valence-electron chi connectivity index (χ0n) is 14.9. The van der Waals surface area contributed by atoms with Crippen molar-refractivity contribution in [2.75, 3.05) is 6.54 Å². The van der Waals surface area contributed by atoms with Crippen LogP contribution in [0.4, 0.5) is 4.39 Å². The van der Waals surface area contributed by atoms with Gasteiger partial charge in [-0.05, 0) is 37.6 Å². The highest BCUT2D eigenvalue weighted by molar-refractivity contribution is 7.21. The summed E-state index contributed by atoms with van der Waals surface area (Å²) in [5, 5.41) is 3.31. The van der Waals surface area contributed by atoms with Crippen molar-refractivity contribution >= 4 is 39.7 Å². The minimum atomic E-state index is -0.347. The molecule has 4 nitrogen and oxygen atoms in total. The Bertz CT molecular complexity index is 900. The molecule has 0 aliphatic carbocycles. The maximum atomic E-state index is 14.4. The first kappa shape index (κ1) is 21.2. The molecule has 1 aromatic heterocycles. The molecule has 2 aromatic carbocycles. The van der Waals surface area contributed by atoms with Gasteiger partial charge in [0.25, 0.3) is 5.91 Å². The number of para-hydroxylation sites is 1. The number of hydrogen-bond donors (Lipinski definition) is 2. The first-order valence-electron chi connectivity index (χ1n) is 8.47. The number of carbonyl (C=O) groups excluding carboxylic acids is 1. The zero-order valence-corrected chi connectivity index (χ0v) is 16.5. The molecule has 3 rings (SSSR count). The van der Waals surface area contributed by atoms with Gasteiger partial charge >= 0.3 is 0 Å². The van der Waals surface area contributed by atoms with E-state index in [2.05, 4.69) is 5.32 Å². The van der Waals surface area contributed by atoms with Gasteiger partial charge in [0.1, 0.15) is 18.2 Å². The number of rotatable bonds is 7. The van der Waals surface area contributed by atoms with Crippen LogP contribution in [0.15, 0.2) is 48.5 Å². The van der Waals surface area contributed by atoms with Crippen LogP contribution in [0.2, 0.25) is 0 Å². The van der Waals surface area contributed by atoms with E-state index in [0.29, 0.717) is 34.5 Å². The van der Waals surface area contributed by atoms with Crippen LogP contribution in [-0.4, -0.2) is 18.5 Å². The lowest BCUT2D eigenvalue weighted by molar-refractivity contribution is 0.0954. The summed E-state index contributed by atoms with van der Waals surface area (Å²) in [5.74, 6) is 0.101. The first-order chi connectivity index (χ1) is 12.6. The Balaban J connectivity index is 0.00000261. The molecule has 0 fully saturated rings. The summed E-state index contributed by atoms with van der Waals surface area (Å²) in [5.41, 5.74) is 6.30. The molecule has 144 valence electrons. The van der Waals surface area contributed by atoms with Crippen LogP contribution in [-0.2, 0) is 6.61 Å². The summed E-state index contributed by atoms with van der Waals surface area (Å²) in [4.78, 5) is 13.1. The average molecular weight is 409 g/mol. The van der Waals surface area contributed by atoms with E-state index in [4.69, 9.17) is 10.5 Å². The molecular formula is C20H22ClFN2O2S. The number of carbonyl (C=O) groups is 1. The minimum absolute atomic E-state index is 0. The van der Waals surface area contributed by atoms with Crippen LogP contribution in [0.5, 0.6) is 5.75 Å². The molecule has 0 bridgehead atoms. The SMILES string of the molecule is CC(N)CCNC(=O)c1sc2cccc(F)c2c1COc1ccccc1.Cl. The molecule has 27 heavy (non-hydrogen) atoms. The van der Waals surface area contributed by atoms with Gasteiger partial charge in [0.15, 0.2) is 0 Å². The number of nitrogens with one attached hydrogen (secondary N) is 1. The van der Waals surface area contributed by atoms with Crippen molar-refractivity contribution in [3.63, 3.8) is 0 Å². The smallest absolute Gasteiger partial charge is 0.261 e. The van der Waals surface area contributed by atoms with E-state index >= 15 is 0 Å². The number of fused-ring (bicyclic) bond motifs is 1. The predicted octanol–water partition coefficient (Wildman–Crippen LogP) is 4.51. The highest BCUT2D eigenvalue weighted by Gasteiger charge is 2.21. The second-order valence-electron chi connectivity index (χ2n) is 6.15. The van der Waals surface area contributed by atoms with Gasteiger partial charge in [0.05, 0.1) is 4.88 Å². The van der Waals surface area contributed by atoms with Crippen LogP contribution >= 0.6 is 23.7 Å². The standard InChI is InChI=1S/C20H21FN2O2S.ClH/c1-13(22)10-11-23-20(24)19-15(12-25-14-6-3-2-4-7-14)18-16(21)8-5-9-17(18)26-19;/h2-9,13H,10-12,22H2,1H3,(H,23,24);1H. The molecule has 0 aliphatic heterocycles. The Hall–Kier alpha value is -2.15. The van der Waals surface area contributed by atoms with Crippen molar-refractivity contribution in [2.45, 2.75) is 26.0 Å². The van der Waals surface area contributed by atoms with Gasteiger partial charge in [-0.25, -0.2) is 4.39 Å². The molecule has 3 N–H and O–H groups in total. The maximum absolute atomic E-state index is 14.4. The molecule has 1 heterocycles. The van der Waals surface area contributed by atoms with E-state index < -0.39 is 0 Å². The number of benzene rings is 2. The zero-order chi connectivity index (χ0) is 18.5. The number of ether oxygens (including phenoxy) is 1. The second-order valence-corrected chi connectivity index (χ2v) is 7.20. The molecule has 0 radical (unpaired) electrons. The number of halogens is 2. The number of hydrogen-bond acceptors (Lipinski definition) is 4. The normalized spacial score (nSPS) is 11.7. The molecule has 7 heteroatoms. The molecule has 1 unspecified atom stereocenters. The average Bonchev–Trinajstić information content (AvgIpc) is 3.00. The molecule has 0 saturated carbocycles. The van der Waals surface area contributed by atoms with Gasteiger partial charge in [-0.2, -0.15) is 0 Å². The molecule has 1 amide bonds. The fraction of sp³-hybridized carbons (Fsp3) is 0.250. The van der Waals surface area contributed by atoms with Crippen molar-refractivity contribution in [1.29, 1.82) is 0 Å². The van der Waals surface area contributed by atoms with Crippen molar-refractivity contribution in [1.82, 2.24) is 5.32 Å². The third kappa shape index (κ3) is 5.19. The lowest BCUT2D eigenvalue weighted by Gasteiger charge is -2.10. The van der Waals surface area contributed by atoms with E-state index in [9.17, 15) is 9.18 Å². The van der Waals surface area contributed by atoms with Gasteiger partial charge < -0.3 is 15.8 Å². The fourth-order valence-corrected chi connectivity index (χ4v) is 3.79. The summed E-state index contributed by atoms with van der Waals surface area (Å²) < 4.78 is 20.9. The molecule has 0 spiro atoms. The van der Waals surface area contributed by atoms with E-state index in [1.54, 1.807) is 6.07 Å². The van der Waals surface area contributed by atoms with Gasteiger partial charge in [-0.1, -0.05) is 24.3 Å². The van der Waals surface area contributed by atoms with Crippen LogP contribution in [0.25, 0.3) is 10.1 Å². The summed E-state index contributed by atoms with van der Waals surface area (Å²) in [6.07, 6.45) is 0.681. The Kier molecular flexibility index (Phi) is 7.59. The van der Waals surface area contributed by atoms with E-state index in [0.717, 1.165) is 4.70 Å². The van der Waals surface area contributed by atoms with Crippen LogP contribution < -0.4 is 15.8 Å². The Morgan fingerprint density at radius 1 is 1.22 bits per heavy atom. The molecule has 0 aliphatic rings. The Morgan fingerprint density at radius 2 is 1.96 bits per heavy atom. The Morgan fingerprint density at radius 3 is 2.67 bits per heavy atom. The molecule has 1 atom stereocenters. The van der Waals surface area contributed by atoms with Gasteiger partial charge in [0, 0.05) is 28.2 Å². The largest absolute Gasteiger partial charge is 0.489 e. The van der Waals surface area contributed by atoms with Crippen molar-refractivity contribution < 1.29 is 13.9 Å². The van der Waals surface area contributed by atoms with Gasteiger partial charge in [-0.3, -0.25) is 4.79 Å². The van der Waals surface area contributed by atoms with Crippen molar-refractivity contribution in [3.05, 3.63) is 64.8 Å². The van der Waals surface area contributed by atoms with Gasteiger partial charge in [-0.15, -0.1) is 23.7 Å². The number of amides is 1. The monoisotopic (exact) mass is 408 g/mol. The van der Waals surface area contributed by atoms with E-state index in [1.165, 1.54) is 17.4 Å². The fourth-order valence-electron chi connectivity index (χ4n) is 2.65. The Labute approximate surface area is 167 Å². The lowest BCUT2D eigenvalue weighted by atomic mass is 10.1. The topological polar surface area (TPSA) is 64.3 Å². The number of nitrogens with two attached hydrogens (primary N) is 1. The summed E-state index contributed by atoms with van der Waals surface area (Å²) in [6.45, 7) is 2.49. The highest BCUT2D eigenvalue weighted by Crippen LogP contribution is 2.34. The lowest BCUT2D eigenvalue weighted by Crippen LogP contribution is -2.29. The van der Waals surface area contributed by atoms with Gasteiger partial charge in [0.2, 0.25) is 0 Å². The van der Waals surface area contributed by atoms with Crippen molar-refractivity contribution in [2.24, 2.45) is 5.73 Å². The van der Waals surface area contributed by atoms with Crippen LogP contribution in [0.3, 0.4) is 0 Å².